The second kappa shape index (κ2) is 4.82. The van der Waals surface area contributed by atoms with Gasteiger partial charge in [0.25, 0.3) is 0 Å². The summed E-state index contributed by atoms with van der Waals surface area (Å²) in [5, 5.41) is 10.2. The fraction of sp³-hybridized carbons (Fsp3) is 0.500. The van der Waals surface area contributed by atoms with Gasteiger partial charge in [-0.25, -0.2) is 4.39 Å². The summed E-state index contributed by atoms with van der Waals surface area (Å²) >= 11 is 3.30. The third-order valence-electron chi connectivity index (χ3n) is 2.83. The van der Waals surface area contributed by atoms with Crippen LogP contribution in [-0.2, 0) is 11.2 Å². The van der Waals surface area contributed by atoms with Crippen molar-refractivity contribution in [3.63, 3.8) is 0 Å². The fourth-order valence-electron chi connectivity index (χ4n) is 2.01. The van der Waals surface area contributed by atoms with Crippen LogP contribution >= 0.6 is 15.9 Å². The average molecular weight is 289 g/mol. The lowest BCUT2D eigenvalue weighted by Gasteiger charge is -2.32. The molecule has 0 aromatic heterocycles. The number of halogens is 2. The highest BCUT2D eigenvalue weighted by molar-refractivity contribution is 9.10. The highest BCUT2D eigenvalue weighted by Gasteiger charge is 2.31. The normalized spacial score (nSPS) is 25.7. The third-order valence-corrected chi connectivity index (χ3v) is 3.32. The van der Waals surface area contributed by atoms with E-state index >= 15 is 0 Å². The second-order valence-electron chi connectivity index (χ2n) is 4.29. The smallest absolute Gasteiger partial charge is 0.126 e. The summed E-state index contributed by atoms with van der Waals surface area (Å²) < 4.78 is 19.6. The molecule has 1 heterocycles. The Kier molecular flexibility index (Phi) is 3.62. The van der Waals surface area contributed by atoms with Crippen molar-refractivity contribution in [3.8, 4) is 0 Å². The Bertz CT molecular complexity index is 375. The van der Waals surface area contributed by atoms with Gasteiger partial charge in [-0.1, -0.05) is 15.9 Å². The molecule has 1 fully saturated rings. The molecule has 0 saturated carbocycles. The van der Waals surface area contributed by atoms with Crippen LogP contribution in [0, 0.1) is 5.82 Å². The van der Waals surface area contributed by atoms with Crippen molar-refractivity contribution in [1.29, 1.82) is 0 Å². The molecule has 1 unspecified atom stereocenters. The number of ether oxygens (including phenoxy) is 1. The zero-order chi connectivity index (χ0) is 11.6. The van der Waals surface area contributed by atoms with Gasteiger partial charge >= 0.3 is 0 Å². The minimum Gasteiger partial charge on any atom is -0.387 e. The maximum atomic E-state index is 13.5. The summed E-state index contributed by atoms with van der Waals surface area (Å²) in [4.78, 5) is 0. The first-order chi connectivity index (χ1) is 7.59. The van der Waals surface area contributed by atoms with Gasteiger partial charge in [0, 0.05) is 17.5 Å². The zero-order valence-corrected chi connectivity index (χ0v) is 10.5. The zero-order valence-electron chi connectivity index (χ0n) is 8.88. The molecule has 0 spiro atoms. The number of hydrogen-bond donors (Lipinski definition) is 1. The number of aliphatic hydroxyl groups is 1. The topological polar surface area (TPSA) is 29.5 Å². The summed E-state index contributed by atoms with van der Waals surface area (Å²) in [6.45, 7) is 0.974. The van der Waals surface area contributed by atoms with Crippen molar-refractivity contribution in [2.24, 2.45) is 0 Å². The van der Waals surface area contributed by atoms with Crippen LogP contribution in [-0.4, -0.2) is 23.9 Å². The maximum absolute atomic E-state index is 13.5. The highest BCUT2D eigenvalue weighted by Crippen LogP contribution is 2.26. The number of rotatable bonds is 2. The molecule has 2 rings (SSSR count). The predicted molar refractivity (Wildman–Crippen MR) is 62.8 cm³/mol. The molecule has 1 saturated heterocycles. The summed E-state index contributed by atoms with van der Waals surface area (Å²) in [5.41, 5.74) is -0.387. The Morgan fingerprint density at radius 1 is 1.50 bits per heavy atom. The molecule has 0 amide bonds. The Labute approximate surface area is 103 Å². The molecule has 16 heavy (non-hydrogen) atoms. The maximum Gasteiger partial charge on any atom is 0.126 e. The average Bonchev–Trinajstić information content (AvgIpc) is 2.24. The molecule has 1 atom stereocenters. The van der Waals surface area contributed by atoms with Crippen LogP contribution in [0.4, 0.5) is 4.39 Å². The van der Waals surface area contributed by atoms with E-state index in [2.05, 4.69) is 15.9 Å². The first-order valence-corrected chi connectivity index (χ1v) is 6.12. The molecule has 0 radical (unpaired) electrons. The Hall–Kier alpha value is -0.450. The molecule has 0 bridgehead atoms. The SMILES string of the molecule is OC1(Cc2cc(Br)ccc2F)CCCOC1. The second-order valence-corrected chi connectivity index (χ2v) is 5.21. The van der Waals surface area contributed by atoms with Crippen LogP contribution in [0.25, 0.3) is 0 Å². The largest absolute Gasteiger partial charge is 0.387 e. The number of benzene rings is 1. The van der Waals surface area contributed by atoms with Crippen LogP contribution in [0.15, 0.2) is 22.7 Å². The van der Waals surface area contributed by atoms with Gasteiger partial charge in [0.15, 0.2) is 0 Å². The molecular weight excluding hydrogens is 275 g/mol. The van der Waals surface area contributed by atoms with Gasteiger partial charge < -0.3 is 9.84 Å². The Morgan fingerprint density at radius 2 is 2.31 bits per heavy atom. The van der Waals surface area contributed by atoms with Crippen molar-refractivity contribution >= 4 is 15.9 Å². The molecule has 2 nitrogen and oxygen atoms in total. The van der Waals surface area contributed by atoms with Gasteiger partial charge in [-0.15, -0.1) is 0 Å². The van der Waals surface area contributed by atoms with Crippen LogP contribution in [0.5, 0.6) is 0 Å². The highest BCUT2D eigenvalue weighted by atomic mass is 79.9. The lowest BCUT2D eigenvalue weighted by molar-refractivity contribution is -0.0848. The van der Waals surface area contributed by atoms with Crippen LogP contribution < -0.4 is 0 Å². The van der Waals surface area contributed by atoms with E-state index in [9.17, 15) is 9.50 Å². The molecule has 1 aliphatic heterocycles. The van der Waals surface area contributed by atoms with Crippen molar-refractivity contribution in [2.45, 2.75) is 24.9 Å². The first-order valence-electron chi connectivity index (χ1n) is 5.33. The fourth-order valence-corrected chi connectivity index (χ4v) is 2.42. The molecule has 1 aromatic carbocycles. The van der Waals surface area contributed by atoms with Crippen molar-refractivity contribution < 1.29 is 14.2 Å². The van der Waals surface area contributed by atoms with E-state index in [0.717, 1.165) is 10.9 Å². The summed E-state index contributed by atoms with van der Waals surface area (Å²) in [7, 11) is 0. The predicted octanol–water partition coefficient (Wildman–Crippen LogP) is 2.67. The first kappa shape index (κ1) is 12.0. The van der Waals surface area contributed by atoms with Crippen molar-refractivity contribution in [3.05, 3.63) is 34.1 Å². The van der Waals surface area contributed by atoms with Gasteiger partial charge in [0.05, 0.1) is 12.2 Å². The lowest BCUT2D eigenvalue weighted by Crippen LogP contribution is -2.40. The molecule has 88 valence electrons. The van der Waals surface area contributed by atoms with Gasteiger partial charge in [0.2, 0.25) is 0 Å². The third kappa shape index (κ3) is 2.81. The molecule has 4 heteroatoms. The van der Waals surface area contributed by atoms with Crippen molar-refractivity contribution in [1.82, 2.24) is 0 Å². The minimum absolute atomic E-state index is 0.276. The standard InChI is InChI=1S/C12H14BrFO2/c13-10-2-3-11(14)9(6-10)7-12(15)4-1-5-16-8-12/h2-3,6,15H,1,4-5,7-8H2. The van der Waals surface area contributed by atoms with E-state index in [1.807, 2.05) is 0 Å². The van der Waals surface area contributed by atoms with E-state index in [0.29, 0.717) is 31.6 Å². The van der Waals surface area contributed by atoms with Gasteiger partial charge in [-0.3, -0.25) is 0 Å². The van der Waals surface area contributed by atoms with Gasteiger partial charge in [0.1, 0.15) is 5.82 Å². The summed E-state index contributed by atoms with van der Waals surface area (Å²) in [6.07, 6.45) is 1.79. The van der Waals surface area contributed by atoms with E-state index in [1.165, 1.54) is 6.07 Å². The number of hydrogen-bond acceptors (Lipinski definition) is 2. The van der Waals surface area contributed by atoms with Gasteiger partial charge in [-0.2, -0.15) is 0 Å². The Morgan fingerprint density at radius 3 is 3.00 bits per heavy atom. The molecule has 1 aromatic rings. The van der Waals surface area contributed by atoms with E-state index in [-0.39, 0.29) is 5.82 Å². The molecular formula is C12H14BrFO2. The quantitative estimate of drug-likeness (QED) is 0.907. The molecule has 1 N–H and O–H groups in total. The van der Waals surface area contributed by atoms with Crippen molar-refractivity contribution in [2.75, 3.05) is 13.2 Å². The summed E-state index contributed by atoms with van der Waals surface area (Å²) in [5.74, 6) is -0.276. The Balaban J connectivity index is 2.15. The monoisotopic (exact) mass is 288 g/mol. The molecule has 0 aliphatic carbocycles. The lowest BCUT2D eigenvalue weighted by atomic mass is 9.89. The van der Waals surface area contributed by atoms with Gasteiger partial charge in [-0.05, 0) is 36.6 Å². The van der Waals surface area contributed by atoms with E-state index in [1.54, 1.807) is 12.1 Å². The van der Waals surface area contributed by atoms with Crippen LogP contribution in [0.1, 0.15) is 18.4 Å². The van der Waals surface area contributed by atoms with Crippen LogP contribution in [0.2, 0.25) is 0 Å². The molecule has 1 aliphatic rings. The van der Waals surface area contributed by atoms with E-state index < -0.39 is 5.60 Å². The van der Waals surface area contributed by atoms with Crippen LogP contribution in [0.3, 0.4) is 0 Å². The summed E-state index contributed by atoms with van der Waals surface area (Å²) in [6, 6.07) is 4.77. The van der Waals surface area contributed by atoms with E-state index in [4.69, 9.17) is 4.74 Å². The minimum atomic E-state index is -0.917.